The van der Waals surface area contributed by atoms with Gasteiger partial charge in [0, 0.05) is 25.5 Å². The van der Waals surface area contributed by atoms with E-state index in [1.807, 2.05) is 6.08 Å². The SMILES string of the molecule is CCCCC/C=C\C=C\C(=O)CCCCCCCC(=O)O[C@H](COC(=O)CCCCCCC/C=C\CCCCCC)COP(=O)(O)OP(=O)(O)OC[C@H]1O[C@@H](n2ccc(N)nc2=O)[C@H](O)[C@@H]1O. The fourth-order valence-electron chi connectivity index (χ4n) is 6.88. The van der Waals surface area contributed by atoms with Crippen LogP contribution >= 0.6 is 15.6 Å². The van der Waals surface area contributed by atoms with Crippen LogP contribution in [0.5, 0.6) is 0 Å². The number of rotatable bonds is 39. The maximum atomic E-state index is 12.8. The number of anilines is 1. The van der Waals surface area contributed by atoms with Gasteiger partial charge in [-0.15, -0.1) is 0 Å². The molecule has 0 spiro atoms. The van der Waals surface area contributed by atoms with Gasteiger partial charge in [-0.3, -0.25) is 28.0 Å². The number of aliphatic hydroxyl groups excluding tert-OH is 2. The van der Waals surface area contributed by atoms with Crippen molar-refractivity contribution in [3.63, 3.8) is 0 Å². The monoisotopic (exact) mass is 989 g/mol. The third-order valence-electron chi connectivity index (χ3n) is 10.7. The van der Waals surface area contributed by atoms with Crippen LogP contribution in [-0.2, 0) is 51.1 Å². The van der Waals surface area contributed by atoms with E-state index in [9.17, 15) is 48.3 Å². The molecule has 1 aromatic heterocycles. The summed E-state index contributed by atoms with van der Waals surface area (Å²) in [7, 11) is -10.9. The van der Waals surface area contributed by atoms with Gasteiger partial charge in [-0.25, -0.2) is 13.9 Å². The second-order valence-electron chi connectivity index (χ2n) is 16.6. The molecule has 0 aromatic carbocycles. The van der Waals surface area contributed by atoms with E-state index in [-0.39, 0.29) is 24.4 Å². The highest BCUT2D eigenvalue weighted by atomic mass is 31.3. The topological polar surface area (TPSA) is 283 Å². The van der Waals surface area contributed by atoms with Gasteiger partial charge in [0.05, 0.1) is 13.2 Å². The van der Waals surface area contributed by atoms with E-state index < -0.39 is 83.7 Å². The third-order valence-corrected chi connectivity index (χ3v) is 13.3. The van der Waals surface area contributed by atoms with Gasteiger partial charge in [0.25, 0.3) is 0 Å². The standard InChI is InChI=1S/C46H77N3O16P2/c1-3-5-7-9-11-12-13-14-15-16-18-22-26-30-41(51)60-34-38(63-42(52)31-27-23-19-21-25-29-37(50)28-24-20-17-10-8-6-4-2)35-61-66(56,57)65-67(58,59)62-36-39-43(53)44(54)45(64-39)49-33-32-40(47)48-46(49)55/h12-13,17,20,24,28,32-33,38-39,43-45,53-54H,3-11,14-16,18-19,21-23,25-27,29-31,34-36H2,1-2H3,(H,56,57)(H,58,59)(H2,47,48,55)/b13-12-,20-17-,28-24+/t38-,39-,43-,44-,45-/m1/s1. The first kappa shape index (κ1) is 59.8. The number of aromatic nitrogens is 2. The molecule has 1 aromatic rings. The number of hydrogen-bond donors (Lipinski definition) is 5. The van der Waals surface area contributed by atoms with Crippen LogP contribution < -0.4 is 11.4 Å². The Kier molecular flexibility index (Phi) is 31.1. The molecular weight excluding hydrogens is 912 g/mol. The Morgan fingerprint density at radius 2 is 1.30 bits per heavy atom. The lowest BCUT2D eigenvalue weighted by Gasteiger charge is -2.21. The zero-order chi connectivity index (χ0) is 49.3. The summed E-state index contributed by atoms with van der Waals surface area (Å²) >= 11 is 0. The minimum atomic E-state index is -5.45. The fraction of sp³-hybridized carbons (Fsp3) is 0.717. The van der Waals surface area contributed by atoms with E-state index in [2.05, 4.69) is 41.4 Å². The molecule has 0 saturated carbocycles. The van der Waals surface area contributed by atoms with Crippen LogP contribution in [0.4, 0.5) is 5.82 Å². The number of ketones is 1. The van der Waals surface area contributed by atoms with E-state index in [0.717, 1.165) is 81.4 Å². The number of carbonyl (C=O) groups excluding carboxylic acids is 3. The van der Waals surface area contributed by atoms with E-state index >= 15 is 0 Å². The summed E-state index contributed by atoms with van der Waals surface area (Å²) in [5, 5.41) is 20.9. The fourth-order valence-corrected chi connectivity index (χ4v) is 8.99. The molecule has 0 bridgehead atoms. The molecule has 1 fully saturated rings. The Bertz CT molecular complexity index is 1820. The van der Waals surface area contributed by atoms with Crippen LogP contribution in [0, 0.1) is 0 Å². The van der Waals surface area contributed by atoms with Gasteiger partial charge in [0.1, 0.15) is 30.7 Å². The lowest BCUT2D eigenvalue weighted by atomic mass is 10.1. The maximum absolute atomic E-state index is 12.8. The Labute approximate surface area is 395 Å². The molecular formula is C46H77N3O16P2. The van der Waals surface area contributed by atoms with E-state index in [0.29, 0.717) is 32.1 Å². The lowest BCUT2D eigenvalue weighted by molar-refractivity contribution is -0.161. The van der Waals surface area contributed by atoms with Crippen molar-refractivity contribution in [2.75, 3.05) is 25.6 Å². The number of phosphoric acid groups is 2. The number of nitrogens with two attached hydrogens (primary N) is 1. The highest BCUT2D eigenvalue weighted by Crippen LogP contribution is 2.60. The average Bonchev–Trinajstić information content (AvgIpc) is 3.55. The molecule has 7 atom stereocenters. The molecule has 0 radical (unpaired) electrons. The lowest BCUT2D eigenvalue weighted by Crippen LogP contribution is -2.36. The Balaban J connectivity index is 1.85. The number of esters is 2. The molecule has 382 valence electrons. The van der Waals surface area contributed by atoms with Crippen molar-refractivity contribution >= 4 is 39.2 Å². The number of unbranched alkanes of at least 4 members (excludes halogenated alkanes) is 16. The number of aliphatic hydroxyl groups is 2. The number of carbonyl (C=O) groups is 3. The smallest absolute Gasteiger partial charge is 0.462 e. The number of phosphoric ester groups is 2. The quantitative estimate of drug-likeness (QED) is 0.0103. The average molecular weight is 990 g/mol. The normalized spacial score (nSPS) is 19.8. The van der Waals surface area contributed by atoms with Gasteiger partial charge in [-0.1, -0.05) is 115 Å². The third kappa shape index (κ3) is 28.0. The molecule has 67 heavy (non-hydrogen) atoms. The van der Waals surface area contributed by atoms with Crippen molar-refractivity contribution in [1.29, 1.82) is 0 Å². The summed E-state index contributed by atoms with van der Waals surface area (Å²) in [6.45, 7) is 1.95. The minimum absolute atomic E-state index is 0.0352. The van der Waals surface area contributed by atoms with Gasteiger partial charge in [0.15, 0.2) is 18.1 Å². The van der Waals surface area contributed by atoms with Crippen molar-refractivity contribution in [3.05, 3.63) is 59.2 Å². The summed E-state index contributed by atoms with van der Waals surface area (Å²) < 4.78 is 56.5. The number of nitrogens with zero attached hydrogens (tertiary/aromatic N) is 2. The summed E-state index contributed by atoms with van der Waals surface area (Å²) in [6.07, 6.45) is 24.8. The minimum Gasteiger partial charge on any atom is -0.462 e. The predicted molar refractivity (Wildman–Crippen MR) is 252 cm³/mol. The van der Waals surface area contributed by atoms with E-state index in [4.69, 9.17) is 29.0 Å². The molecule has 21 heteroatoms. The second-order valence-corrected chi connectivity index (χ2v) is 19.7. The molecule has 6 N–H and O–H groups in total. The molecule has 2 unspecified atom stereocenters. The van der Waals surface area contributed by atoms with Gasteiger partial charge in [-0.05, 0) is 69.9 Å². The summed E-state index contributed by atoms with van der Waals surface area (Å²) in [6, 6.07) is 1.24. The van der Waals surface area contributed by atoms with E-state index in [1.54, 1.807) is 12.2 Å². The van der Waals surface area contributed by atoms with Crippen LogP contribution in [-0.4, -0.2) is 91.5 Å². The van der Waals surface area contributed by atoms with Crippen molar-refractivity contribution in [3.8, 4) is 0 Å². The molecule has 2 rings (SSSR count). The zero-order valence-electron chi connectivity index (χ0n) is 39.4. The largest absolute Gasteiger partial charge is 0.481 e. The Hall–Kier alpha value is -3.35. The van der Waals surface area contributed by atoms with E-state index in [1.165, 1.54) is 38.2 Å². The first-order chi connectivity index (χ1) is 32.1. The molecule has 1 aliphatic heterocycles. The summed E-state index contributed by atoms with van der Waals surface area (Å²) in [5.74, 6) is -1.36. The number of ether oxygens (including phenoxy) is 3. The Morgan fingerprint density at radius 1 is 0.746 bits per heavy atom. The molecule has 1 aliphatic rings. The Morgan fingerprint density at radius 3 is 1.96 bits per heavy atom. The van der Waals surface area contributed by atoms with Gasteiger partial charge in [-0.2, -0.15) is 9.29 Å². The maximum Gasteiger partial charge on any atom is 0.481 e. The van der Waals surface area contributed by atoms with Gasteiger partial charge >= 0.3 is 33.3 Å². The van der Waals surface area contributed by atoms with Crippen molar-refractivity contribution < 1.29 is 71.1 Å². The second kappa shape index (κ2) is 34.9. The molecule has 0 aliphatic carbocycles. The van der Waals surface area contributed by atoms with Crippen LogP contribution in [0.2, 0.25) is 0 Å². The van der Waals surface area contributed by atoms with Crippen LogP contribution in [0.15, 0.2) is 53.5 Å². The predicted octanol–water partition coefficient (Wildman–Crippen LogP) is 8.40. The zero-order valence-corrected chi connectivity index (χ0v) is 41.2. The first-order valence-electron chi connectivity index (χ1n) is 24.0. The molecule has 1 saturated heterocycles. The summed E-state index contributed by atoms with van der Waals surface area (Å²) in [4.78, 5) is 73.9. The summed E-state index contributed by atoms with van der Waals surface area (Å²) in [5.41, 5.74) is 4.57. The van der Waals surface area contributed by atoms with Crippen LogP contribution in [0.25, 0.3) is 0 Å². The first-order valence-corrected chi connectivity index (χ1v) is 26.9. The van der Waals surface area contributed by atoms with Crippen molar-refractivity contribution in [2.24, 2.45) is 0 Å². The highest BCUT2D eigenvalue weighted by molar-refractivity contribution is 7.61. The molecule has 0 amide bonds. The van der Waals surface area contributed by atoms with Gasteiger partial charge in [0.2, 0.25) is 0 Å². The number of allylic oxidation sites excluding steroid dienone is 6. The van der Waals surface area contributed by atoms with Crippen LogP contribution in [0.3, 0.4) is 0 Å². The number of hydrogen-bond acceptors (Lipinski definition) is 16. The van der Waals surface area contributed by atoms with Crippen molar-refractivity contribution in [2.45, 2.75) is 192 Å². The number of nitrogen functional groups attached to an aromatic ring is 1. The molecule has 2 heterocycles. The van der Waals surface area contributed by atoms with Crippen molar-refractivity contribution in [1.82, 2.24) is 9.55 Å². The van der Waals surface area contributed by atoms with Gasteiger partial charge < -0.3 is 39.9 Å². The van der Waals surface area contributed by atoms with Crippen LogP contribution in [0.1, 0.15) is 168 Å². The molecule has 19 nitrogen and oxygen atoms in total. The highest BCUT2D eigenvalue weighted by Gasteiger charge is 2.46.